The smallest absolute Gasteiger partial charge is 0.356 e. The van der Waals surface area contributed by atoms with Gasteiger partial charge in [0, 0.05) is 0 Å². The minimum atomic E-state index is -1.15. The molecule has 60 valence electrons. The van der Waals surface area contributed by atoms with E-state index < -0.39 is 5.97 Å². The second-order valence-electron chi connectivity index (χ2n) is 1.83. The van der Waals surface area contributed by atoms with Gasteiger partial charge in [-0.1, -0.05) is 0 Å². The Morgan fingerprint density at radius 3 is 2.73 bits per heavy atom. The Morgan fingerprint density at radius 2 is 2.45 bits per heavy atom. The van der Waals surface area contributed by atoms with E-state index in [1.54, 1.807) is 0 Å². The van der Waals surface area contributed by atoms with E-state index in [1.165, 1.54) is 7.11 Å². The van der Waals surface area contributed by atoms with Crippen LogP contribution < -0.4 is 10.5 Å². The van der Waals surface area contributed by atoms with E-state index in [-0.39, 0.29) is 17.3 Å². The third kappa shape index (κ3) is 1.09. The molecule has 0 bridgehead atoms. The average molecular weight is 157 g/mol. The van der Waals surface area contributed by atoms with Crippen molar-refractivity contribution >= 4 is 11.7 Å². The van der Waals surface area contributed by atoms with Gasteiger partial charge in [0.15, 0.2) is 5.69 Å². The Labute approximate surface area is 62.0 Å². The number of aromatic amines is 1. The first-order valence-corrected chi connectivity index (χ1v) is 2.78. The van der Waals surface area contributed by atoms with Gasteiger partial charge in [0.05, 0.1) is 7.11 Å². The van der Waals surface area contributed by atoms with Gasteiger partial charge in [-0.25, -0.2) is 4.79 Å². The Kier molecular flexibility index (Phi) is 1.67. The second kappa shape index (κ2) is 2.49. The van der Waals surface area contributed by atoms with Crippen LogP contribution in [0.4, 0.5) is 5.69 Å². The summed E-state index contributed by atoms with van der Waals surface area (Å²) in [5.41, 5.74) is 5.18. The van der Waals surface area contributed by atoms with Crippen molar-refractivity contribution in [2.45, 2.75) is 0 Å². The molecule has 1 aromatic rings. The predicted octanol–water partition coefficient (Wildman–Crippen LogP) is -0.301. The Balaban J connectivity index is 3.10. The highest BCUT2D eigenvalue weighted by Crippen LogP contribution is 2.20. The monoisotopic (exact) mass is 157 g/mol. The lowest BCUT2D eigenvalue weighted by Gasteiger charge is -1.92. The lowest BCUT2D eigenvalue weighted by Crippen LogP contribution is -2.01. The summed E-state index contributed by atoms with van der Waals surface area (Å²) in [6.45, 7) is 0. The number of anilines is 1. The predicted molar refractivity (Wildman–Crippen MR) is 36.5 cm³/mol. The number of nitrogens with one attached hydrogen (secondary N) is 1. The molecule has 0 radical (unpaired) electrons. The van der Waals surface area contributed by atoms with Crippen molar-refractivity contribution in [2.75, 3.05) is 12.8 Å². The maximum atomic E-state index is 10.3. The highest BCUT2D eigenvalue weighted by molar-refractivity contribution is 5.92. The maximum Gasteiger partial charge on any atom is 0.356 e. The van der Waals surface area contributed by atoms with Gasteiger partial charge in [-0.05, 0) is 0 Å². The largest absolute Gasteiger partial charge is 0.478 e. The van der Waals surface area contributed by atoms with Gasteiger partial charge in [0.2, 0.25) is 0 Å². The Morgan fingerprint density at radius 1 is 1.82 bits per heavy atom. The summed E-state index contributed by atoms with van der Waals surface area (Å²) in [4.78, 5) is 10.3. The minimum Gasteiger partial charge on any atom is -0.478 e. The summed E-state index contributed by atoms with van der Waals surface area (Å²) >= 11 is 0. The molecule has 4 N–H and O–H groups in total. The van der Waals surface area contributed by atoms with Crippen LogP contribution in [-0.4, -0.2) is 28.4 Å². The molecule has 6 heteroatoms. The van der Waals surface area contributed by atoms with Crippen molar-refractivity contribution in [2.24, 2.45) is 0 Å². The van der Waals surface area contributed by atoms with Crippen molar-refractivity contribution in [1.82, 2.24) is 10.2 Å². The van der Waals surface area contributed by atoms with E-state index in [2.05, 4.69) is 14.9 Å². The zero-order valence-corrected chi connectivity index (χ0v) is 5.79. The molecule has 0 aliphatic rings. The van der Waals surface area contributed by atoms with Crippen molar-refractivity contribution in [3.8, 4) is 5.88 Å². The van der Waals surface area contributed by atoms with E-state index in [9.17, 15) is 4.79 Å². The van der Waals surface area contributed by atoms with Crippen LogP contribution in [0.25, 0.3) is 0 Å². The molecule has 6 nitrogen and oxygen atoms in total. The standard InChI is InChI=1S/C5H7N3O3/c1-11-4-2(6)3(5(9)10)7-8-4/h6H2,1H3,(H,7,8)(H,9,10). The molecule has 0 aliphatic heterocycles. The van der Waals surface area contributed by atoms with Crippen LogP contribution >= 0.6 is 0 Å². The first-order chi connectivity index (χ1) is 5.16. The van der Waals surface area contributed by atoms with E-state index in [0.29, 0.717) is 0 Å². The average Bonchev–Trinajstić information content (AvgIpc) is 2.30. The molecule has 1 rings (SSSR count). The molecule has 0 saturated carbocycles. The molecule has 0 atom stereocenters. The number of carbonyl (C=O) groups is 1. The number of aromatic carboxylic acids is 1. The zero-order chi connectivity index (χ0) is 8.43. The SMILES string of the molecule is COc1n[nH]c(C(=O)O)c1N. The number of hydrogen-bond acceptors (Lipinski definition) is 4. The lowest BCUT2D eigenvalue weighted by molar-refractivity contribution is 0.0691. The molecule has 0 spiro atoms. The van der Waals surface area contributed by atoms with Gasteiger partial charge in [-0.15, -0.1) is 5.10 Å². The summed E-state index contributed by atoms with van der Waals surface area (Å²) in [5, 5.41) is 14.2. The van der Waals surface area contributed by atoms with Gasteiger partial charge in [-0.3, -0.25) is 5.10 Å². The number of rotatable bonds is 2. The van der Waals surface area contributed by atoms with Crippen molar-refractivity contribution < 1.29 is 14.6 Å². The normalized spacial score (nSPS) is 9.55. The van der Waals surface area contributed by atoms with Crippen molar-refractivity contribution in [1.29, 1.82) is 0 Å². The summed E-state index contributed by atoms with van der Waals surface area (Å²) < 4.78 is 4.65. The first kappa shape index (κ1) is 7.39. The van der Waals surface area contributed by atoms with Gasteiger partial charge in [0.1, 0.15) is 5.69 Å². The summed E-state index contributed by atoms with van der Waals surface area (Å²) in [7, 11) is 1.36. The molecule has 11 heavy (non-hydrogen) atoms. The van der Waals surface area contributed by atoms with Crippen LogP contribution in [0.5, 0.6) is 5.88 Å². The van der Waals surface area contributed by atoms with Crippen LogP contribution in [-0.2, 0) is 0 Å². The van der Waals surface area contributed by atoms with E-state index in [0.717, 1.165) is 0 Å². The summed E-state index contributed by atoms with van der Waals surface area (Å²) in [5.74, 6) is -1.05. The molecule has 0 unspecified atom stereocenters. The molecule has 0 aliphatic carbocycles. The first-order valence-electron chi connectivity index (χ1n) is 2.78. The fourth-order valence-corrected chi connectivity index (χ4v) is 0.653. The number of nitrogen functional groups attached to an aromatic ring is 1. The highest BCUT2D eigenvalue weighted by Gasteiger charge is 2.15. The van der Waals surface area contributed by atoms with Crippen LogP contribution in [0.2, 0.25) is 0 Å². The van der Waals surface area contributed by atoms with Crippen molar-refractivity contribution in [3.63, 3.8) is 0 Å². The topological polar surface area (TPSA) is 101 Å². The van der Waals surface area contributed by atoms with Gasteiger partial charge >= 0.3 is 5.97 Å². The second-order valence-corrected chi connectivity index (χ2v) is 1.83. The van der Waals surface area contributed by atoms with E-state index in [4.69, 9.17) is 10.8 Å². The summed E-state index contributed by atoms with van der Waals surface area (Å²) in [6.07, 6.45) is 0. The molecule has 0 saturated heterocycles. The molecule has 0 amide bonds. The van der Waals surface area contributed by atoms with Gasteiger partial charge in [-0.2, -0.15) is 0 Å². The third-order valence-electron chi connectivity index (χ3n) is 1.18. The quantitative estimate of drug-likeness (QED) is 0.547. The van der Waals surface area contributed by atoms with Crippen molar-refractivity contribution in [3.05, 3.63) is 5.69 Å². The minimum absolute atomic E-state index is 0.0139. The number of ether oxygens (including phenoxy) is 1. The van der Waals surface area contributed by atoms with Crippen LogP contribution in [0.15, 0.2) is 0 Å². The number of aromatic nitrogens is 2. The number of methoxy groups -OCH3 is 1. The Hall–Kier alpha value is -1.72. The van der Waals surface area contributed by atoms with Gasteiger partial charge in [0.25, 0.3) is 5.88 Å². The van der Waals surface area contributed by atoms with Crippen LogP contribution in [0.1, 0.15) is 10.5 Å². The number of nitrogens with zero attached hydrogens (tertiary/aromatic N) is 1. The fraction of sp³-hybridized carbons (Fsp3) is 0.200. The molecular weight excluding hydrogens is 150 g/mol. The number of nitrogens with two attached hydrogens (primary N) is 1. The fourth-order valence-electron chi connectivity index (χ4n) is 0.653. The highest BCUT2D eigenvalue weighted by atomic mass is 16.5. The van der Waals surface area contributed by atoms with Gasteiger partial charge < -0.3 is 15.6 Å². The third-order valence-corrected chi connectivity index (χ3v) is 1.18. The number of carboxylic acids is 1. The number of carboxylic acid groups (broad SMARTS) is 1. The molecule has 1 aromatic heterocycles. The number of hydrogen-bond donors (Lipinski definition) is 3. The summed E-state index contributed by atoms with van der Waals surface area (Å²) in [6, 6.07) is 0. The van der Waals surface area contributed by atoms with E-state index in [1.807, 2.05) is 0 Å². The van der Waals surface area contributed by atoms with Crippen LogP contribution in [0, 0.1) is 0 Å². The Bertz CT molecular complexity index is 281. The van der Waals surface area contributed by atoms with E-state index >= 15 is 0 Å². The maximum absolute atomic E-state index is 10.3. The molecule has 0 aromatic carbocycles. The van der Waals surface area contributed by atoms with Crippen LogP contribution in [0.3, 0.4) is 0 Å². The number of H-pyrrole nitrogens is 1. The molecule has 1 heterocycles. The molecular formula is C5H7N3O3. The molecule has 0 fully saturated rings. The zero-order valence-electron chi connectivity index (χ0n) is 5.79. The lowest BCUT2D eigenvalue weighted by atomic mass is 10.4.